The first-order valence-electron chi connectivity index (χ1n) is 14.3. The van der Waals surface area contributed by atoms with E-state index >= 15 is 0 Å². The number of benzene rings is 2. The van der Waals surface area contributed by atoms with Crippen molar-refractivity contribution in [2.75, 3.05) is 13.6 Å². The molecule has 0 aliphatic carbocycles. The lowest BCUT2D eigenvalue weighted by Crippen LogP contribution is -2.46. The average Bonchev–Trinajstić information content (AvgIpc) is 3.19. The van der Waals surface area contributed by atoms with Crippen molar-refractivity contribution >= 4 is 17.8 Å². The fourth-order valence-electron chi connectivity index (χ4n) is 5.43. The highest BCUT2D eigenvalue weighted by molar-refractivity contribution is 5.94. The van der Waals surface area contributed by atoms with Crippen molar-refractivity contribution in [3.63, 3.8) is 0 Å². The Hall–Kier alpha value is -4.87. The average molecular weight is 605 g/mol. The summed E-state index contributed by atoms with van der Waals surface area (Å²) >= 11 is 0. The zero-order valence-corrected chi connectivity index (χ0v) is 25.9. The molecule has 0 radical (unpaired) electrons. The molecule has 12 nitrogen and oxygen atoms in total. The van der Waals surface area contributed by atoms with Crippen LogP contribution in [0.3, 0.4) is 0 Å². The molecule has 1 amide bonds. The number of rotatable bonds is 6. The molecule has 1 atom stereocenters. The molecule has 2 aromatic carbocycles. The van der Waals surface area contributed by atoms with Crippen LogP contribution in [0.2, 0.25) is 0 Å². The maximum Gasteiger partial charge on any atom is 0.414 e. The van der Waals surface area contributed by atoms with Crippen LogP contribution in [0.25, 0.3) is 5.69 Å². The maximum absolute atomic E-state index is 13.9. The fourth-order valence-corrected chi connectivity index (χ4v) is 5.43. The van der Waals surface area contributed by atoms with Crippen LogP contribution in [0.5, 0.6) is 11.5 Å². The van der Waals surface area contributed by atoms with Crippen molar-refractivity contribution in [3.05, 3.63) is 86.2 Å². The molecule has 2 aliphatic rings. The second-order valence-corrected chi connectivity index (χ2v) is 12.4. The molecule has 12 heteroatoms. The highest BCUT2D eigenvalue weighted by atomic mass is 16.6. The number of allylic oxidation sites excluding steroid dienone is 1. The van der Waals surface area contributed by atoms with Gasteiger partial charge in [0.05, 0.1) is 18.7 Å². The maximum atomic E-state index is 13.9. The van der Waals surface area contributed by atoms with Crippen LogP contribution < -0.4 is 20.9 Å². The van der Waals surface area contributed by atoms with E-state index in [0.717, 1.165) is 10.1 Å². The number of ketones is 1. The zero-order chi connectivity index (χ0) is 32.1. The molecule has 0 saturated heterocycles. The van der Waals surface area contributed by atoms with Crippen molar-refractivity contribution in [2.24, 2.45) is 0 Å². The predicted molar refractivity (Wildman–Crippen MR) is 161 cm³/mol. The van der Waals surface area contributed by atoms with E-state index in [9.17, 15) is 24.0 Å². The van der Waals surface area contributed by atoms with Gasteiger partial charge in [-0.1, -0.05) is 6.08 Å². The lowest BCUT2D eigenvalue weighted by Gasteiger charge is -2.42. The molecule has 232 valence electrons. The van der Waals surface area contributed by atoms with E-state index in [0.29, 0.717) is 22.6 Å². The molecular weight excluding hydrogens is 568 g/mol. The van der Waals surface area contributed by atoms with Gasteiger partial charge in [0.15, 0.2) is 5.78 Å². The molecule has 0 N–H and O–H groups in total. The summed E-state index contributed by atoms with van der Waals surface area (Å²) in [6, 6.07) is 10.5. The van der Waals surface area contributed by atoms with Gasteiger partial charge >= 0.3 is 23.4 Å². The summed E-state index contributed by atoms with van der Waals surface area (Å²) in [7, 11) is 1.52. The lowest BCUT2D eigenvalue weighted by atomic mass is 9.83. The number of hydrogen-bond donors (Lipinski definition) is 0. The Morgan fingerprint density at radius 2 is 1.73 bits per heavy atom. The van der Waals surface area contributed by atoms with Gasteiger partial charge in [-0.2, -0.15) is 0 Å². The number of nitrogens with zero attached hydrogens (tertiary/aromatic N) is 4. The van der Waals surface area contributed by atoms with Crippen LogP contribution in [-0.2, 0) is 16.1 Å². The number of fused-ring (bicyclic) bond motifs is 5. The minimum Gasteiger partial charge on any atom is -0.483 e. The third-order valence-corrected chi connectivity index (χ3v) is 7.54. The number of carbonyl (C=O) groups is 3. The Bertz CT molecular complexity index is 1800. The van der Waals surface area contributed by atoms with Gasteiger partial charge in [-0.05, 0) is 83.5 Å². The highest BCUT2D eigenvalue weighted by Gasteiger charge is 2.44. The van der Waals surface area contributed by atoms with E-state index in [-0.39, 0.29) is 31.0 Å². The van der Waals surface area contributed by atoms with E-state index in [2.05, 4.69) is 0 Å². The summed E-state index contributed by atoms with van der Waals surface area (Å²) in [5.41, 5.74) is -0.262. The van der Waals surface area contributed by atoms with Gasteiger partial charge in [0.1, 0.15) is 28.7 Å². The van der Waals surface area contributed by atoms with Crippen LogP contribution in [-0.4, -0.2) is 61.5 Å². The van der Waals surface area contributed by atoms with E-state index in [1.54, 1.807) is 63.2 Å². The summed E-state index contributed by atoms with van der Waals surface area (Å²) in [6.07, 6.45) is 1.24. The monoisotopic (exact) mass is 604 g/mol. The van der Waals surface area contributed by atoms with Gasteiger partial charge in [-0.25, -0.2) is 28.3 Å². The van der Waals surface area contributed by atoms with Crippen molar-refractivity contribution < 1.29 is 28.6 Å². The number of aromatic nitrogens is 3. The molecular formula is C32H36N4O8. The number of Topliss-reactive ketones (excluding diaryl/α,β-unsaturated/α-hetero) is 1. The van der Waals surface area contributed by atoms with Gasteiger partial charge in [0.25, 0.3) is 0 Å². The zero-order valence-electron chi connectivity index (χ0n) is 25.9. The topological polar surface area (TPSA) is 131 Å². The van der Waals surface area contributed by atoms with Gasteiger partial charge in [0, 0.05) is 30.8 Å². The fraction of sp³-hybridized carbons (Fsp3) is 0.406. The molecule has 1 aromatic heterocycles. The smallest absolute Gasteiger partial charge is 0.414 e. The SMILES string of the molecule is CC(=O)c1ccc(-n2c(=O)n3n(c2=O)C2C(=CC3)C(C)(C)Oc3cc(OC(=O)N(C)CCC(=O)OC(C)(C)C)ccc32)cc1. The van der Waals surface area contributed by atoms with Crippen molar-refractivity contribution in [1.82, 2.24) is 18.8 Å². The van der Waals surface area contributed by atoms with Crippen LogP contribution >= 0.6 is 0 Å². The lowest BCUT2D eigenvalue weighted by molar-refractivity contribution is -0.154. The number of hydrogen-bond acceptors (Lipinski definition) is 8. The van der Waals surface area contributed by atoms with Gasteiger partial charge in [-0.15, -0.1) is 0 Å². The number of esters is 1. The molecule has 0 spiro atoms. The number of carbonyl (C=O) groups excluding carboxylic acids is 3. The Morgan fingerprint density at radius 3 is 2.36 bits per heavy atom. The van der Waals surface area contributed by atoms with Crippen LogP contribution in [0.4, 0.5) is 4.79 Å². The third kappa shape index (κ3) is 5.71. The molecule has 2 aliphatic heterocycles. The van der Waals surface area contributed by atoms with Gasteiger partial charge < -0.3 is 19.1 Å². The quantitative estimate of drug-likeness (QED) is 0.236. The summed E-state index contributed by atoms with van der Waals surface area (Å²) in [5, 5.41) is 0. The first kappa shape index (κ1) is 30.6. The summed E-state index contributed by atoms with van der Waals surface area (Å²) in [6.45, 7) is 10.8. The van der Waals surface area contributed by atoms with Crippen LogP contribution in [0, 0.1) is 0 Å². The molecule has 0 bridgehead atoms. The molecule has 44 heavy (non-hydrogen) atoms. The first-order valence-corrected chi connectivity index (χ1v) is 14.3. The molecule has 5 rings (SSSR count). The third-order valence-electron chi connectivity index (χ3n) is 7.54. The van der Waals surface area contributed by atoms with E-state index in [1.165, 1.54) is 28.2 Å². The van der Waals surface area contributed by atoms with Gasteiger partial charge in [0.2, 0.25) is 0 Å². The second kappa shape index (κ2) is 11.0. The van der Waals surface area contributed by atoms with E-state index in [4.69, 9.17) is 14.2 Å². The molecule has 3 aromatic rings. The van der Waals surface area contributed by atoms with Crippen molar-refractivity contribution in [3.8, 4) is 17.2 Å². The highest BCUT2D eigenvalue weighted by Crippen LogP contribution is 2.47. The Kier molecular flexibility index (Phi) is 7.65. The van der Waals surface area contributed by atoms with E-state index < -0.39 is 40.7 Å². The summed E-state index contributed by atoms with van der Waals surface area (Å²) in [4.78, 5) is 65.2. The minimum atomic E-state index is -0.851. The molecule has 0 fully saturated rings. The predicted octanol–water partition coefficient (Wildman–Crippen LogP) is 3.87. The minimum absolute atomic E-state index is 0.0120. The van der Waals surface area contributed by atoms with Crippen LogP contribution in [0.1, 0.15) is 69.9 Å². The van der Waals surface area contributed by atoms with Crippen molar-refractivity contribution in [2.45, 2.75) is 71.8 Å². The van der Waals surface area contributed by atoms with Gasteiger partial charge in [-0.3, -0.25) is 9.59 Å². The largest absolute Gasteiger partial charge is 0.483 e. The molecule has 1 unspecified atom stereocenters. The Labute approximate surface area is 254 Å². The molecule has 3 heterocycles. The second-order valence-electron chi connectivity index (χ2n) is 12.4. The summed E-state index contributed by atoms with van der Waals surface area (Å²) < 4.78 is 21.1. The summed E-state index contributed by atoms with van der Waals surface area (Å²) in [5.74, 6) is 0.0627. The number of ether oxygens (including phenoxy) is 3. The number of amides is 1. The Balaban J connectivity index is 1.44. The van der Waals surface area contributed by atoms with E-state index in [1.807, 2.05) is 19.9 Å². The standard InChI is InChI=1S/C32H36N4O8/c1-19(37)20-8-10-21(11-9-20)35-28(39)34-17-14-24-27(36(34)29(35)40)23-13-12-22(18-25(23)43-32(24,5)6)42-30(41)33(7)16-15-26(38)44-31(2,3)4/h8-14,18,27H,15-17H2,1-7H3. The Morgan fingerprint density at radius 1 is 1.05 bits per heavy atom. The normalized spacial score (nSPS) is 16.4. The molecule has 0 saturated carbocycles. The van der Waals surface area contributed by atoms with Crippen molar-refractivity contribution in [1.29, 1.82) is 0 Å². The first-order chi connectivity index (χ1) is 20.6. The van der Waals surface area contributed by atoms with Crippen LogP contribution in [0.15, 0.2) is 63.7 Å².